The van der Waals surface area contributed by atoms with Crippen molar-refractivity contribution in [3.05, 3.63) is 52.9 Å². The summed E-state index contributed by atoms with van der Waals surface area (Å²) in [6, 6.07) is 9.56. The Hall–Kier alpha value is -2.14. The molecular formula is C18H20N2O3. The number of nitrogens with zero attached hydrogens (tertiary/aromatic N) is 2. The van der Waals surface area contributed by atoms with E-state index in [4.69, 9.17) is 4.52 Å². The second-order valence-electron chi connectivity index (χ2n) is 6.51. The van der Waals surface area contributed by atoms with Crippen molar-refractivity contribution in [2.75, 3.05) is 13.1 Å². The molecule has 2 heterocycles. The van der Waals surface area contributed by atoms with Gasteiger partial charge in [0, 0.05) is 18.5 Å². The molecule has 1 aliphatic heterocycles. The highest BCUT2D eigenvalue weighted by Crippen LogP contribution is 2.33. The normalized spacial score (nSPS) is 23.8. The lowest BCUT2D eigenvalue weighted by Crippen LogP contribution is -2.35. The standard InChI is InChI=1S/C18H20N2O3/c21-17(16-14-8-4-5-9-15(14)23-19-16)20-11-10-18(22,12-20)13-6-2-1-3-7-13/h1-3,6-7,22H,4-5,8-12H2. The van der Waals surface area contributed by atoms with Crippen LogP contribution >= 0.6 is 0 Å². The van der Waals surface area contributed by atoms with Crippen molar-refractivity contribution in [1.29, 1.82) is 0 Å². The molecular weight excluding hydrogens is 292 g/mol. The molecule has 0 spiro atoms. The zero-order valence-corrected chi connectivity index (χ0v) is 13.0. The third kappa shape index (κ3) is 2.45. The second kappa shape index (κ2) is 5.49. The van der Waals surface area contributed by atoms with Crippen LogP contribution in [-0.2, 0) is 18.4 Å². The predicted molar refractivity (Wildman–Crippen MR) is 84.0 cm³/mol. The van der Waals surface area contributed by atoms with Gasteiger partial charge in [0.2, 0.25) is 0 Å². The van der Waals surface area contributed by atoms with Crippen LogP contribution in [-0.4, -0.2) is 34.2 Å². The van der Waals surface area contributed by atoms with Crippen LogP contribution < -0.4 is 0 Å². The van der Waals surface area contributed by atoms with Gasteiger partial charge in [-0.25, -0.2) is 0 Å². The summed E-state index contributed by atoms with van der Waals surface area (Å²) in [7, 11) is 0. The molecule has 23 heavy (non-hydrogen) atoms. The van der Waals surface area contributed by atoms with Gasteiger partial charge in [0.1, 0.15) is 11.4 Å². The third-order valence-corrected chi connectivity index (χ3v) is 5.00. The van der Waals surface area contributed by atoms with E-state index < -0.39 is 5.60 Å². The average molecular weight is 312 g/mol. The van der Waals surface area contributed by atoms with Crippen molar-refractivity contribution >= 4 is 5.91 Å². The maximum Gasteiger partial charge on any atom is 0.276 e. The van der Waals surface area contributed by atoms with E-state index in [0.717, 1.165) is 42.6 Å². The fourth-order valence-corrected chi connectivity index (χ4v) is 3.65. The summed E-state index contributed by atoms with van der Waals surface area (Å²) in [4.78, 5) is 14.5. The van der Waals surface area contributed by atoms with Gasteiger partial charge >= 0.3 is 0 Å². The molecule has 1 unspecified atom stereocenters. The van der Waals surface area contributed by atoms with E-state index in [1.54, 1.807) is 4.90 Å². The van der Waals surface area contributed by atoms with Crippen LogP contribution in [0.3, 0.4) is 0 Å². The van der Waals surface area contributed by atoms with Gasteiger partial charge in [-0.1, -0.05) is 35.5 Å². The van der Waals surface area contributed by atoms with Crippen LogP contribution in [0.15, 0.2) is 34.9 Å². The number of carbonyl (C=O) groups excluding carboxylic acids is 1. The molecule has 0 radical (unpaired) electrons. The number of aryl methyl sites for hydroxylation is 1. The molecule has 0 bridgehead atoms. The highest BCUT2D eigenvalue weighted by Gasteiger charge is 2.41. The van der Waals surface area contributed by atoms with Crippen molar-refractivity contribution in [2.24, 2.45) is 0 Å². The lowest BCUT2D eigenvalue weighted by atomic mass is 9.93. The topological polar surface area (TPSA) is 66.6 Å². The summed E-state index contributed by atoms with van der Waals surface area (Å²) >= 11 is 0. The summed E-state index contributed by atoms with van der Waals surface area (Å²) in [5, 5.41) is 14.9. The largest absolute Gasteiger partial charge is 0.383 e. The molecule has 2 aromatic rings. The van der Waals surface area contributed by atoms with Crippen molar-refractivity contribution in [1.82, 2.24) is 10.1 Å². The number of amides is 1. The minimum Gasteiger partial charge on any atom is -0.383 e. The monoisotopic (exact) mass is 312 g/mol. The lowest BCUT2D eigenvalue weighted by Gasteiger charge is -2.23. The molecule has 1 fully saturated rings. The fraction of sp³-hybridized carbons (Fsp3) is 0.444. The Morgan fingerprint density at radius 3 is 2.83 bits per heavy atom. The zero-order valence-electron chi connectivity index (χ0n) is 13.0. The molecule has 2 aliphatic rings. The number of carbonyl (C=O) groups is 1. The number of fused-ring (bicyclic) bond motifs is 1. The Labute approximate surface area is 134 Å². The summed E-state index contributed by atoms with van der Waals surface area (Å²) in [5.41, 5.74) is 1.30. The number of hydrogen-bond acceptors (Lipinski definition) is 4. The van der Waals surface area contributed by atoms with Gasteiger partial charge in [0.15, 0.2) is 5.69 Å². The molecule has 1 saturated heterocycles. The molecule has 1 N–H and O–H groups in total. The Bertz CT molecular complexity index is 725. The number of hydrogen-bond donors (Lipinski definition) is 1. The number of likely N-dealkylation sites (tertiary alicyclic amines) is 1. The molecule has 4 rings (SSSR count). The van der Waals surface area contributed by atoms with E-state index in [-0.39, 0.29) is 5.91 Å². The van der Waals surface area contributed by atoms with E-state index in [1.807, 2.05) is 30.3 Å². The van der Waals surface area contributed by atoms with Crippen LogP contribution in [0.2, 0.25) is 0 Å². The molecule has 1 amide bonds. The lowest BCUT2D eigenvalue weighted by molar-refractivity contribution is 0.0414. The molecule has 1 aromatic carbocycles. The number of aromatic nitrogens is 1. The van der Waals surface area contributed by atoms with Crippen LogP contribution in [0, 0.1) is 0 Å². The highest BCUT2D eigenvalue weighted by atomic mass is 16.5. The van der Waals surface area contributed by atoms with Gasteiger partial charge in [-0.3, -0.25) is 4.79 Å². The van der Waals surface area contributed by atoms with Gasteiger partial charge in [-0.15, -0.1) is 0 Å². The summed E-state index contributed by atoms with van der Waals surface area (Å²) < 4.78 is 5.34. The Morgan fingerprint density at radius 2 is 2.00 bits per heavy atom. The van der Waals surface area contributed by atoms with E-state index in [9.17, 15) is 9.90 Å². The summed E-state index contributed by atoms with van der Waals surface area (Å²) in [5.74, 6) is 0.737. The quantitative estimate of drug-likeness (QED) is 0.924. The smallest absolute Gasteiger partial charge is 0.276 e. The van der Waals surface area contributed by atoms with E-state index in [1.165, 1.54) is 0 Å². The van der Waals surface area contributed by atoms with Gasteiger partial charge in [0.25, 0.3) is 5.91 Å². The Kier molecular flexibility index (Phi) is 3.45. The minimum absolute atomic E-state index is 0.122. The number of aliphatic hydroxyl groups is 1. The van der Waals surface area contributed by atoms with Crippen molar-refractivity contribution < 1.29 is 14.4 Å². The molecule has 1 atom stereocenters. The van der Waals surface area contributed by atoms with Crippen molar-refractivity contribution in [2.45, 2.75) is 37.7 Å². The molecule has 120 valence electrons. The van der Waals surface area contributed by atoms with E-state index in [0.29, 0.717) is 25.2 Å². The SMILES string of the molecule is O=C(c1noc2c1CCCC2)N1CCC(O)(c2ccccc2)C1. The van der Waals surface area contributed by atoms with Crippen molar-refractivity contribution in [3.8, 4) is 0 Å². The zero-order chi connectivity index (χ0) is 15.9. The van der Waals surface area contributed by atoms with Gasteiger partial charge < -0.3 is 14.5 Å². The van der Waals surface area contributed by atoms with Crippen LogP contribution in [0.25, 0.3) is 0 Å². The Balaban J connectivity index is 1.56. The van der Waals surface area contributed by atoms with Gasteiger partial charge in [-0.2, -0.15) is 0 Å². The first-order valence-corrected chi connectivity index (χ1v) is 8.22. The molecule has 1 aromatic heterocycles. The number of benzene rings is 1. The van der Waals surface area contributed by atoms with Crippen LogP contribution in [0.1, 0.15) is 46.6 Å². The van der Waals surface area contributed by atoms with Gasteiger partial charge in [0.05, 0.1) is 6.54 Å². The number of rotatable bonds is 2. The maximum atomic E-state index is 12.8. The first-order valence-electron chi connectivity index (χ1n) is 8.22. The molecule has 5 heteroatoms. The Morgan fingerprint density at radius 1 is 1.22 bits per heavy atom. The maximum absolute atomic E-state index is 12.8. The highest BCUT2D eigenvalue weighted by molar-refractivity contribution is 5.94. The molecule has 5 nitrogen and oxygen atoms in total. The third-order valence-electron chi connectivity index (χ3n) is 5.00. The molecule has 1 aliphatic carbocycles. The fourth-order valence-electron chi connectivity index (χ4n) is 3.65. The first kappa shape index (κ1) is 14.5. The molecule has 0 saturated carbocycles. The first-order chi connectivity index (χ1) is 11.2. The average Bonchev–Trinajstić information content (AvgIpc) is 3.20. The van der Waals surface area contributed by atoms with Gasteiger partial charge in [-0.05, 0) is 31.2 Å². The summed E-state index contributed by atoms with van der Waals surface area (Å²) in [6.07, 6.45) is 4.43. The van der Waals surface area contributed by atoms with Crippen LogP contribution in [0.5, 0.6) is 0 Å². The van der Waals surface area contributed by atoms with Crippen molar-refractivity contribution in [3.63, 3.8) is 0 Å². The minimum atomic E-state index is -0.972. The van der Waals surface area contributed by atoms with Crippen LogP contribution in [0.4, 0.5) is 0 Å². The van der Waals surface area contributed by atoms with E-state index in [2.05, 4.69) is 5.16 Å². The predicted octanol–water partition coefficient (Wildman–Crippen LogP) is 2.29. The summed E-state index contributed by atoms with van der Waals surface area (Å²) in [6.45, 7) is 0.837. The van der Waals surface area contributed by atoms with E-state index >= 15 is 0 Å². The second-order valence-corrected chi connectivity index (χ2v) is 6.51. The number of β-amino-alcohol motifs (C(OH)–C–C–N with tert-alkyl or cyclic N) is 1.